The quantitative estimate of drug-likeness (QED) is 0.458. The van der Waals surface area contributed by atoms with Gasteiger partial charge in [-0.25, -0.2) is 29.1 Å². The summed E-state index contributed by atoms with van der Waals surface area (Å²) in [6, 6.07) is 13.7. The van der Waals surface area contributed by atoms with Gasteiger partial charge in [0.05, 0.1) is 11.1 Å². The molecule has 24 heavy (non-hydrogen) atoms. The minimum Gasteiger partial charge on any atom is -0.243 e. The Morgan fingerprint density at radius 3 is 1.46 bits per heavy atom. The molecule has 0 fully saturated rings. The summed E-state index contributed by atoms with van der Waals surface area (Å²) >= 11 is 0. The lowest BCUT2D eigenvalue weighted by molar-refractivity contribution is -0.317. The third-order valence-electron chi connectivity index (χ3n) is 3.15. The van der Waals surface area contributed by atoms with Crippen molar-refractivity contribution in [2.45, 2.75) is 13.8 Å². The van der Waals surface area contributed by atoms with Crippen molar-refractivity contribution in [2.24, 2.45) is 0 Å². The molecule has 0 saturated carbocycles. The summed E-state index contributed by atoms with van der Waals surface area (Å²) in [5, 5.41) is 0. The minimum absolute atomic E-state index is 0.335. The molecule has 2 aromatic carbocycles. The Bertz CT molecular complexity index is 702. The average molecular weight is 328 g/mol. The molecule has 0 spiro atoms. The van der Waals surface area contributed by atoms with Crippen LogP contribution in [-0.2, 0) is 19.6 Å². The highest BCUT2D eigenvalue weighted by atomic mass is 17.3. The SMILES string of the molecule is C=C(OOC(=O)c1ccccc1C)OOC(=O)c1ccccc1C. The second-order valence-electron chi connectivity index (χ2n) is 4.91. The van der Waals surface area contributed by atoms with Gasteiger partial charge < -0.3 is 0 Å². The van der Waals surface area contributed by atoms with Crippen LogP contribution in [0.2, 0.25) is 0 Å². The van der Waals surface area contributed by atoms with Gasteiger partial charge in [0.2, 0.25) is 0 Å². The first-order chi connectivity index (χ1) is 11.5. The van der Waals surface area contributed by atoms with E-state index in [4.69, 9.17) is 0 Å². The number of carbonyl (C=O) groups is 2. The lowest BCUT2D eigenvalue weighted by Gasteiger charge is -2.08. The van der Waals surface area contributed by atoms with Crippen molar-refractivity contribution in [3.05, 3.63) is 83.3 Å². The summed E-state index contributed by atoms with van der Waals surface area (Å²) in [5.41, 5.74) is 2.12. The lowest BCUT2D eigenvalue weighted by Crippen LogP contribution is -2.11. The second-order valence-corrected chi connectivity index (χ2v) is 4.91. The zero-order valence-electron chi connectivity index (χ0n) is 13.3. The van der Waals surface area contributed by atoms with Gasteiger partial charge in [0.15, 0.2) is 0 Å². The zero-order valence-corrected chi connectivity index (χ0v) is 13.3. The molecule has 0 radical (unpaired) electrons. The maximum atomic E-state index is 11.8. The Hall–Kier alpha value is -3.28. The summed E-state index contributed by atoms with van der Waals surface area (Å²) in [6.07, 6.45) is 0. The van der Waals surface area contributed by atoms with Crippen molar-refractivity contribution in [3.8, 4) is 0 Å². The standard InChI is InChI=1S/C18H16O6/c1-12-8-4-6-10-15(12)17(19)23-21-14(3)22-24-18(20)16-11-7-5-9-13(16)2/h4-11H,3H2,1-2H3. The Balaban J connectivity index is 1.82. The van der Waals surface area contributed by atoms with E-state index in [2.05, 4.69) is 26.1 Å². The van der Waals surface area contributed by atoms with Crippen molar-refractivity contribution in [1.29, 1.82) is 0 Å². The van der Waals surface area contributed by atoms with E-state index in [0.717, 1.165) is 11.1 Å². The van der Waals surface area contributed by atoms with Gasteiger partial charge in [-0.3, -0.25) is 0 Å². The molecular formula is C18H16O6. The molecule has 0 N–H and O–H groups in total. The number of rotatable bonds is 6. The molecule has 2 rings (SSSR count). The van der Waals surface area contributed by atoms with Gasteiger partial charge in [-0.15, -0.1) is 0 Å². The van der Waals surface area contributed by atoms with Crippen LogP contribution in [0.15, 0.2) is 61.1 Å². The first-order valence-electron chi connectivity index (χ1n) is 7.07. The predicted molar refractivity (Wildman–Crippen MR) is 84.5 cm³/mol. The number of hydrogen-bond acceptors (Lipinski definition) is 6. The largest absolute Gasteiger partial charge is 0.386 e. The molecule has 0 amide bonds. The van der Waals surface area contributed by atoms with Crippen molar-refractivity contribution >= 4 is 11.9 Å². The second kappa shape index (κ2) is 7.82. The van der Waals surface area contributed by atoms with Crippen LogP contribution in [0.4, 0.5) is 0 Å². The van der Waals surface area contributed by atoms with Gasteiger partial charge >= 0.3 is 17.9 Å². The van der Waals surface area contributed by atoms with Gasteiger partial charge in [0.1, 0.15) is 0 Å². The minimum atomic E-state index is -0.719. The van der Waals surface area contributed by atoms with E-state index in [-0.39, 0.29) is 0 Å². The highest BCUT2D eigenvalue weighted by Gasteiger charge is 2.15. The van der Waals surface area contributed by atoms with Crippen LogP contribution in [0.5, 0.6) is 0 Å². The molecule has 0 atom stereocenters. The van der Waals surface area contributed by atoms with Crippen LogP contribution in [0.3, 0.4) is 0 Å². The predicted octanol–water partition coefficient (Wildman–Crippen LogP) is 3.65. The van der Waals surface area contributed by atoms with E-state index in [1.54, 1.807) is 62.4 Å². The van der Waals surface area contributed by atoms with E-state index < -0.39 is 17.9 Å². The fraction of sp³-hybridized carbons (Fsp3) is 0.111. The summed E-state index contributed by atoms with van der Waals surface area (Å²) < 4.78 is 0. The summed E-state index contributed by atoms with van der Waals surface area (Å²) in [4.78, 5) is 42.0. The molecule has 124 valence electrons. The van der Waals surface area contributed by atoms with E-state index in [1.807, 2.05) is 0 Å². The number of hydrogen-bond donors (Lipinski definition) is 0. The molecule has 0 aromatic heterocycles. The van der Waals surface area contributed by atoms with Gasteiger partial charge in [-0.2, -0.15) is 0 Å². The molecule has 0 unspecified atom stereocenters. The van der Waals surface area contributed by atoms with Crippen LogP contribution in [0.25, 0.3) is 0 Å². The Morgan fingerprint density at radius 1 is 0.708 bits per heavy atom. The van der Waals surface area contributed by atoms with Crippen molar-refractivity contribution in [1.82, 2.24) is 0 Å². The number of benzene rings is 2. The van der Waals surface area contributed by atoms with Crippen LogP contribution in [0, 0.1) is 13.8 Å². The van der Waals surface area contributed by atoms with E-state index in [0.29, 0.717) is 11.1 Å². The Kier molecular flexibility index (Phi) is 5.57. The Labute approximate surface area is 139 Å². The highest BCUT2D eigenvalue weighted by Crippen LogP contribution is 2.12. The highest BCUT2D eigenvalue weighted by molar-refractivity contribution is 5.91. The summed E-state index contributed by atoms with van der Waals surface area (Å²) in [7, 11) is 0. The molecule has 0 aliphatic rings. The first kappa shape index (κ1) is 17.1. The monoisotopic (exact) mass is 328 g/mol. The molecule has 0 heterocycles. The molecule has 0 aliphatic heterocycles. The van der Waals surface area contributed by atoms with Gasteiger partial charge in [0.25, 0.3) is 0 Å². The van der Waals surface area contributed by atoms with Crippen molar-refractivity contribution in [3.63, 3.8) is 0 Å². The first-order valence-corrected chi connectivity index (χ1v) is 7.07. The van der Waals surface area contributed by atoms with Crippen molar-refractivity contribution < 1.29 is 29.1 Å². The topological polar surface area (TPSA) is 71.1 Å². The smallest absolute Gasteiger partial charge is 0.243 e. The third kappa shape index (κ3) is 4.36. The molecule has 0 saturated heterocycles. The van der Waals surface area contributed by atoms with E-state index in [1.165, 1.54) is 0 Å². The van der Waals surface area contributed by atoms with Crippen LogP contribution in [0.1, 0.15) is 31.8 Å². The van der Waals surface area contributed by atoms with Crippen molar-refractivity contribution in [2.75, 3.05) is 0 Å². The van der Waals surface area contributed by atoms with Crippen LogP contribution in [-0.4, -0.2) is 11.9 Å². The summed E-state index contributed by atoms with van der Waals surface area (Å²) in [5.74, 6) is -1.93. The number of carbonyl (C=O) groups excluding carboxylic acids is 2. The zero-order chi connectivity index (χ0) is 17.5. The van der Waals surface area contributed by atoms with Crippen LogP contribution >= 0.6 is 0 Å². The van der Waals surface area contributed by atoms with Gasteiger partial charge in [-0.05, 0) is 43.7 Å². The fourth-order valence-corrected chi connectivity index (χ4v) is 1.88. The Morgan fingerprint density at radius 2 is 1.08 bits per heavy atom. The van der Waals surface area contributed by atoms with E-state index >= 15 is 0 Å². The van der Waals surface area contributed by atoms with Gasteiger partial charge in [-0.1, -0.05) is 36.4 Å². The molecule has 6 nitrogen and oxygen atoms in total. The van der Waals surface area contributed by atoms with E-state index in [9.17, 15) is 9.59 Å². The van der Waals surface area contributed by atoms with Crippen LogP contribution < -0.4 is 0 Å². The average Bonchev–Trinajstić information content (AvgIpc) is 2.58. The maximum Gasteiger partial charge on any atom is 0.386 e. The molecule has 6 heteroatoms. The molecule has 0 bridgehead atoms. The molecule has 0 aliphatic carbocycles. The third-order valence-corrected chi connectivity index (χ3v) is 3.15. The maximum absolute atomic E-state index is 11.8. The summed E-state index contributed by atoms with van der Waals surface area (Å²) in [6.45, 7) is 6.84. The molecular weight excluding hydrogens is 312 g/mol. The lowest BCUT2D eigenvalue weighted by atomic mass is 10.1. The normalized spacial score (nSPS) is 9.75. The number of aryl methyl sites for hydroxylation is 2. The van der Waals surface area contributed by atoms with Gasteiger partial charge in [0, 0.05) is 0 Å². The molecule has 2 aromatic rings. The fourth-order valence-electron chi connectivity index (χ4n) is 1.88.